The van der Waals surface area contributed by atoms with Crippen molar-refractivity contribution in [2.24, 2.45) is 0 Å². The third-order valence-electron chi connectivity index (χ3n) is 1.98. The van der Waals surface area contributed by atoms with Crippen LogP contribution in [0.15, 0.2) is 29.6 Å². The molecule has 4 heteroatoms. The first-order chi connectivity index (χ1) is 7.29. The zero-order valence-corrected chi connectivity index (χ0v) is 9.86. The minimum absolute atomic E-state index is 0.252. The van der Waals surface area contributed by atoms with Crippen LogP contribution in [0.1, 0.15) is 19.4 Å². The third kappa shape index (κ3) is 2.46. The maximum absolute atomic E-state index is 11.2. The van der Waals surface area contributed by atoms with Crippen molar-refractivity contribution in [3.63, 3.8) is 0 Å². The Balaban J connectivity index is 2.11. The van der Waals surface area contributed by atoms with Crippen LogP contribution in [0.3, 0.4) is 0 Å². The quantitative estimate of drug-likeness (QED) is 0.768. The van der Waals surface area contributed by atoms with E-state index in [0.717, 1.165) is 6.42 Å². The molecule has 0 fully saturated rings. The largest absolute Gasteiger partial charge is 0.465 e. The molecule has 15 heavy (non-hydrogen) atoms. The summed E-state index contributed by atoms with van der Waals surface area (Å²) in [6.45, 7) is 0. The van der Waals surface area contributed by atoms with Gasteiger partial charge in [-0.1, -0.05) is 6.07 Å². The standard InChI is InChI=1S/C11H10O2S2/c1-13-11(12)10-5-4-9(15-10)7-8-3-2-6-14-8/h2-6H,7H2,1H3. The van der Waals surface area contributed by atoms with Crippen molar-refractivity contribution in [1.82, 2.24) is 0 Å². The SMILES string of the molecule is COC(=O)c1ccc(Cc2cccs2)s1. The fraction of sp³-hybridized carbons (Fsp3) is 0.182. The van der Waals surface area contributed by atoms with Crippen LogP contribution in [0.4, 0.5) is 0 Å². The van der Waals surface area contributed by atoms with Crippen molar-refractivity contribution >= 4 is 28.6 Å². The molecule has 78 valence electrons. The van der Waals surface area contributed by atoms with E-state index in [1.54, 1.807) is 11.3 Å². The number of carbonyl (C=O) groups is 1. The second kappa shape index (κ2) is 4.59. The second-order valence-electron chi connectivity index (χ2n) is 3.01. The molecule has 0 saturated heterocycles. The van der Waals surface area contributed by atoms with Gasteiger partial charge in [0.05, 0.1) is 7.11 Å². The Morgan fingerprint density at radius 1 is 1.33 bits per heavy atom. The van der Waals surface area contributed by atoms with E-state index < -0.39 is 0 Å². The van der Waals surface area contributed by atoms with E-state index >= 15 is 0 Å². The lowest BCUT2D eigenvalue weighted by Gasteiger charge is -1.93. The smallest absolute Gasteiger partial charge is 0.348 e. The number of ether oxygens (including phenoxy) is 1. The van der Waals surface area contributed by atoms with E-state index in [1.807, 2.05) is 18.2 Å². The van der Waals surface area contributed by atoms with Gasteiger partial charge in [-0.25, -0.2) is 4.79 Å². The molecule has 2 nitrogen and oxygen atoms in total. The molecule has 0 atom stereocenters. The average Bonchev–Trinajstić information content (AvgIpc) is 2.88. The number of esters is 1. The molecule has 0 saturated carbocycles. The third-order valence-corrected chi connectivity index (χ3v) is 3.92. The van der Waals surface area contributed by atoms with E-state index in [4.69, 9.17) is 0 Å². The second-order valence-corrected chi connectivity index (χ2v) is 5.21. The van der Waals surface area contributed by atoms with Crippen molar-refractivity contribution in [3.05, 3.63) is 44.3 Å². The Bertz CT molecular complexity index is 443. The summed E-state index contributed by atoms with van der Waals surface area (Å²) < 4.78 is 4.66. The lowest BCUT2D eigenvalue weighted by Crippen LogP contribution is -1.96. The maximum Gasteiger partial charge on any atom is 0.348 e. The normalized spacial score (nSPS) is 10.2. The summed E-state index contributed by atoms with van der Waals surface area (Å²) in [6, 6.07) is 7.94. The Hall–Kier alpha value is -1.13. The summed E-state index contributed by atoms with van der Waals surface area (Å²) in [6.07, 6.45) is 0.902. The van der Waals surface area contributed by atoms with Crippen molar-refractivity contribution < 1.29 is 9.53 Å². The van der Waals surface area contributed by atoms with E-state index in [-0.39, 0.29) is 5.97 Å². The minimum Gasteiger partial charge on any atom is -0.465 e. The van der Waals surface area contributed by atoms with Gasteiger partial charge in [-0.3, -0.25) is 0 Å². The highest BCUT2D eigenvalue weighted by atomic mass is 32.1. The molecule has 0 N–H and O–H groups in total. The van der Waals surface area contributed by atoms with Gasteiger partial charge in [-0.15, -0.1) is 22.7 Å². The van der Waals surface area contributed by atoms with Crippen LogP contribution in [0, 0.1) is 0 Å². The molecule has 2 heterocycles. The first-order valence-corrected chi connectivity index (χ1v) is 6.18. The Labute approximate surface area is 96.1 Å². The van der Waals surface area contributed by atoms with Crippen LogP contribution in [0.2, 0.25) is 0 Å². The van der Waals surface area contributed by atoms with Crippen molar-refractivity contribution in [3.8, 4) is 0 Å². The average molecular weight is 238 g/mol. The Morgan fingerprint density at radius 3 is 2.87 bits per heavy atom. The molecule has 0 amide bonds. The maximum atomic E-state index is 11.2. The zero-order chi connectivity index (χ0) is 10.7. The summed E-state index contributed by atoms with van der Waals surface area (Å²) in [7, 11) is 1.40. The summed E-state index contributed by atoms with van der Waals surface area (Å²) in [5, 5.41) is 2.06. The molecular weight excluding hydrogens is 228 g/mol. The van der Waals surface area contributed by atoms with Gasteiger partial charge in [0, 0.05) is 16.2 Å². The Kier molecular flexibility index (Phi) is 3.18. The number of hydrogen-bond acceptors (Lipinski definition) is 4. The molecule has 0 bridgehead atoms. The van der Waals surface area contributed by atoms with Gasteiger partial charge in [0.25, 0.3) is 0 Å². The fourth-order valence-electron chi connectivity index (χ4n) is 1.27. The summed E-state index contributed by atoms with van der Waals surface area (Å²) in [4.78, 5) is 14.4. The van der Waals surface area contributed by atoms with E-state index in [2.05, 4.69) is 16.2 Å². The topological polar surface area (TPSA) is 26.3 Å². The zero-order valence-electron chi connectivity index (χ0n) is 8.23. The van der Waals surface area contributed by atoms with Crippen molar-refractivity contribution in [2.45, 2.75) is 6.42 Å². The van der Waals surface area contributed by atoms with Crippen molar-refractivity contribution in [1.29, 1.82) is 0 Å². The van der Waals surface area contributed by atoms with Gasteiger partial charge in [0.15, 0.2) is 0 Å². The minimum atomic E-state index is -0.252. The molecule has 0 aliphatic rings. The highest BCUT2D eigenvalue weighted by Gasteiger charge is 2.09. The van der Waals surface area contributed by atoms with Crippen LogP contribution >= 0.6 is 22.7 Å². The number of hydrogen-bond donors (Lipinski definition) is 0. The molecule has 2 aromatic rings. The van der Waals surface area contributed by atoms with Gasteiger partial charge >= 0.3 is 5.97 Å². The van der Waals surface area contributed by atoms with Gasteiger partial charge in [-0.05, 0) is 23.6 Å². The van der Waals surface area contributed by atoms with Gasteiger partial charge < -0.3 is 4.74 Å². The molecule has 0 unspecified atom stereocenters. The number of rotatable bonds is 3. The molecule has 0 aliphatic carbocycles. The lowest BCUT2D eigenvalue weighted by molar-refractivity contribution is 0.0606. The number of carbonyl (C=O) groups excluding carboxylic acids is 1. The molecule has 0 aromatic carbocycles. The van der Waals surface area contributed by atoms with E-state index in [9.17, 15) is 4.79 Å². The number of thiophene rings is 2. The Morgan fingerprint density at radius 2 is 2.20 bits per heavy atom. The van der Waals surface area contributed by atoms with Gasteiger partial charge in [0.1, 0.15) is 4.88 Å². The molecule has 2 rings (SSSR count). The van der Waals surface area contributed by atoms with Crippen LogP contribution in [0.5, 0.6) is 0 Å². The van der Waals surface area contributed by atoms with Crippen LogP contribution in [0.25, 0.3) is 0 Å². The first kappa shape index (κ1) is 10.4. The molecule has 0 aliphatic heterocycles. The highest BCUT2D eigenvalue weighted by Crippen LogP contribution is 2.22. The van der Waals surface area contributed by atoms with Crippen LogP contribution in [-0.4, -0.2) is 13.1 Å². The van der Waals surface area contributed by atoms with Gasteiger partial charge in [0.2, 0.25) is 0 Å². The predicted molar refractivity (Wildman–Crippen MR) is 62.8 cm³/mol. The highest BCUT2D eigenvalue weighted by molar-refractivity contribution is 7.14. The molecular formula is C11H10O2S2. The molecule has 0 radical (unpaired) electrons. The summed E-state index contributed by atoms with van der Waals surface area (Å²) in [5.74, 6) is -0.252. The fourth-order valence-corrected chi connectivity index (χ4v) is 3.04. The first-order valence-electron chi connectivity index (χ1n) is 4.49. The van der Waals surface area contributed by atoms with Crippen molar-refractivity contribution in [2.75, 3.05) is 7.11 Å². The predicted octanol–water partition coefficient (Wildman–Crippen LogP) is 3.19. The monoisotopic (exact) mass is 238 g/mol. The van der Waals surface area contributed by atoms with Crippen LogP contribution < -0.4 is 0 Å². The summed E-state index contributed by atoms with van der Waals surface area (Å²) >= 11 is 3.23. The number of methoxy groups -OCH3 is 1. The van der Waals surface area contributed by atoms with Gasteiger partial charge in [-0.2, -0.15) is 0 Å². The van der Waals surface area contributed by atoms with E-state index in [0.29, 0.717) is 4.88 Å². The van der Waals surface area contributed by atoms with E-state index in [1.165, 1.54) is 28.2 Å². The van der Waals surface area contributed by atoms with Crippen LogP contribution in [-0.2, 0) is 11.2 Å². The lowest BCUT2D eigenvalue weighted by atomic mass is 10.3. The molecule has 0 spiro atoms. The summed E-state index contributed by atoms with van der Waals surface area (Å²) in [5.41, 5.74) is 0. The molecule has 2 aromatic heterocycles.